The zero-order valence-corrected chi connectivity index (χ0v) is 11.7. The zero-order valence-electron chi connectivity index (χ0n) is 10.1. The summed E-state index contributed by atoms with van der Waals surface area (Å²) in [6, 6.07) is 6.38. The van der Waals surface area contributed by atoms with Crippen LogP contribution in [0, 0.1) is 0 Å². The SMILES string of the molecule is CC(Oc1ccc(CNC2CC2)cc1Br)C(=O)O. The number of carboxylic acids is 1. The number of rotatable bonds is 6. The Hall–Kier alpha value is -1.07. The van der Waals surface area contributed by atoms with E-state index in [0.717, 1.165) is 16.6 Å². The Morgan fingerprint density at radius 1 is 1.61 bits per heavy atom. The molecule has 1 aliphatic rings. The molecule has 1 saturated carbocycles. The first-order chi connectivity index (χ1) is 8.56. The number of hydrogen-bond donors (Lipinski definition) is 2. The van der Waals surface area contributed by atoms with Gasteiger partial charge in [0.1, 0.15) is 5.75 Å². The van der Waals surface area contributed by atoms with Crippen LogP contribution in [0.2, 0.25) is 0 Å². The third-order valence-corrected chi connectivity index (χ3v) is 3.44. The smallest absolute Gasteiger partial charge is 0.344 e. The van der Waals surface area contributed by atoms with Crippen molar-refractivity contribution in [3.63, 3.8) is 0 Å². The molecule has 98 valence electrons. The van der Waals surface area contributed by atoms with Gasteiger partial charge < -0.3 is 15.2 Å². The van der Waals surface area contributed by atoms with Crippen LogP contribution in [-0.2, 0) is 11.3 Å². The summed E-state index contributed by atoms with van der Waals surface area (Å²) in [6.45, 7) is 2.34. The van der Waals surface area contributed by atoms with Gasteiger partial charge in [-0.2, -0.15) is 0 Å². The van der Waals surface area contributed by atoms with Crippen molar-refractivity contribution in [2.45, 2.75) is 38.5 Å². The highest BCUT2D eigenvalue weighted by Crippen LogP contribution is 2.27. The lowest BCUT2D eigenvalue weighted by Crippen LogP contribution is -2.23. The van der Waals surface area contributed by atoms with E-state index < -0.39 is 12.1 Å². The lowest BCUT2D eigenvalue weighted by molar-refractivity contribution is -0.144. The van der Waals surface area contributed by atoms with E-state index in [1.807, 2.05) is 12.1 Å². The zero-order chi connectivity index (χ0) is 13.1. The molecule has 1 aromatic carbocycles. The highest BCUT2D eigenvalue weighted by Gasteiger charge is 2.20. The van der Waals surface area contributed by atoms with E-state index in [2.05, 4.69) is 21.2 Å². The normalized spacial score (nSPS) is 16.3. The minimum Gasteiger partial charge on any atom is -0.479 e. The molecule has 0 saturated heterocycles. The summed E-state index contributed by atoms with van der Waals surface area (Å²) >= 11 is 3.40. The molecular weight excluding hydrogens is 298 g/mol. The highest BCUT2D eigenvalue weighted by molar-refractivity contribution is 9.10. The molecule has 0 amide bonds. The quantitative estimate of drug-likeness (QED) is 0.847. The Morgan fingerprint density at radius 2 is 2.33 bits per heavy atom. The van der Waals surface area contributed by atoms with Crippen LogP contribution in [0.4, 0.5) is 0 Å². The van der Waals surface area contributed by atoms with E-state index >= 15 is 0 Å². The van der Waals surface area contributed by atoms with Gasteiger partial charge in [-0.15, -0.1) is 0 Å². The maximum Gasteiger partial charge on any atom is 0.344 e. The molecule has 5 heteroatoms. The Labute approximate surface area is 114 Å². The second kappa shape index (κ2) is 5.71. The monoisotopic (exact) mass is 313 g/mol. The van der Waals surface area contributed by atoms with Crippen LogP contribution in [0.3, 0.4) is 0 Å². The molecule has 0 aliphatic heterocycles. The van der Waals surface area contributed by atoms with Crippen molar-refractivity contribution in [2.24, 2.45) is 0 Å². The molecule has 1 fully saturated rings. The van der Waals surface area contributed by atoms with Gasteiger partial charge in [-0.3, -0.25) is 0 Å². The van der Waals surface area contributed by atoms with E-state index in [9.17, 15) is 4.79 Å². The van der Waals surface area contributed by atoms with Crippen LogP contribution >= 0.6 is 15.9 Å². The summed E-state index contributed by atoms with van der Waals surface area (Å²) in [7, 11) is 0. The number of nitrogens with one attached hydrogen (secondary N) is 1. The largest absolute Gasteiger partial charge is 0.479 e. The average molecular weight is 314 g/mol. The fourth-order valence-corrected chi connectivity index (χ4v) is 2.06. The van der Waals surface area contributed by atoms with Gasteiger partial charge in [-0.25, -0.2) is 4.79 Å². The highest BCUT2D eigenvalue weighted by atomic mass is 79.9. The maximum absolute atomic E-state index is 10.7. The fraction of sp³-hybridized carbons (Fsp3) is 0.462. The minimum absolute atomic E-state index is 0.556. The van der Waals surface area contributed by atoms with Gasteiger partial charge in [0.25, 0.3) is 0 Å². The van der Waals surface area contributed by atoms with Crippen molar-refractivity contribution in [1.29, 1.82) is 0 Å². The molecule has 0 heterocycles. The summed E-state index contributed by atoms with van der Waals surface area (Å²) < 4.78 is 6.12. The Bertz CT molecular complexity index is 446. The summed E-state index contributed by atoms with van der Waals surface area (Å²) in [5.74, 6) is -0.415. The van der Waals surface area contributed by atoms with Crippen molar-refractivity contribution in [2.75, 3.05) is 0 Å². The van der Waals surface area contributed by atoms with Gasteiger partial charge in [0, 0.05) is 12.6 Å². The summed E-state index contributed by atoms with van der Waals surface area (Å²) in [5.41, 5.74) is 1.16. The van der Waals surface area contributed by atoms with Crippen LogP contribution in [0.5, 0.6) is 5.75 Å². The summed E-state index contributed by atoms with van der Waals surface area (Å²) in [5, 5.41) is 12.2. The van der Waals surface area contributed by atoms with Gasteiger partial charge in [-0.1, -0.05) is 6.07 Å². The Balaban J connectivity index is 1.97. The molecule has 2 N–H and O–H groups in total. The number of halogens is 1. The standard InChI is InChI=1S/C13H16BrNO3/c1-8(13(16)17)18-12-5-2-9(6-11(12)14)7-15-10-3-4-10/h2,5-6,8,10,15H,3-4,7H2,1H3,(H,16,17). The number of carboxylic acid groups (broad SMARTS) is 1. The van der Waals surface area contributed by atoms with Crippen molar-refractivity contribution >= 4 is 21.9 Å². The van der Waals surface area contributed by atoms with Crippen LogP contribution in [-0.4, -0.2) is 23.2 Å². The van der Waals surface area contributed by atoms with Gasteiger partial charge in [0.05, 0.1) is 4.47 Å². The molecular formula is C13H16BrNO3. The molecule has 0 radical (unpaired) electrons. The molecule has 0 bridgehead atoms. The molecule has 0 aromatic heterocycles. The first-order valence-electron chi connectivity index (χ1n) is 5.97. The number of hydrogen-bond acceptors (Lipinski definition) is 3. The molecule has 1 atom stereocenters. The van der Waals surface area contributed by atoms with E-state index in [0.29, 0.717) is 11.8 Å². The molecule has 1 aliphatic carbocycles. The van der Waals surface area contributed by atoms with Crippen LogP contribution in [0.1, 0.15) is 25.3 Å². The molecule has 2 rings (SSSR count). The number of aliphatic carboxylic acids is 1. The molecule has 1 unspecified atom stereocenters. The van der Waals surface area contributed by atoms with Crippen molar-refractivity contribution in [1.82, 2.24) is 5.32 Å². The van der Waals surface area contributed by atoms with Crippen LogP contribution in [0.25, 0.3) is 0 Å². The summed E-state index contributed by atoms with van der Waals surface area (Å²) in [6.07, 6.45) is 1.67. The first-order valence-corrected chi connectivity index (χ1v) is 6.77. The van der Waals surface area contributed by atoms with Crippen molar-refractivity contribution in [3.05, 3.63) is 28.2 Å². The van der Waals surface area contributed by atoms with Crippen LogP contribution < -0.4 is 10.1 Å². The third kappa shape index (κ3) is 3.71. The Kier molecular flexibility index (Phi) is 4.24. The topological polar surface area (TPSA) is 58.6 Å². The van der Waals surface area contributed by atoms with Crippen molar-refractivity contribution < 1.29 is 14.6 Å². The predicted molar refractivity (Wildman–Crippen MR) is 71.7 cm³/mol. The van der Waals surface area contributed by atoms with Gasteiger partial charge in [0.15, 0.2) is 6.10 Å². The molecule has 4 nitrogen and oxygen atoms in total. The maximum atomic E-state index is 10.7. The molecule has 18 heavy (non-hydrogen) atoms. The summed E-state index contributed by atoms with van der Waals surface area (Å²) in [4.78, 5) is 10.7. The third-order valence-electron chi connectivity index (χ3n) is 2.82. The molecule has 0 spiro atoms. The van der Waals surface area contributed by atoms with E-state index in [1.165, 1.54) is 19.8 Å². The van der Waals surface area contributed by atoms with Crippen LogP contribution in [0.15, 0.2) is 22.7 Å². The minimum atomic E-state index is -0.971. The van der Waals surface area contributed by atoms with E-state index in [1.54, 1.807) is 6.07 Å². The van der Waals surface area contributed by atoms with E-state index in [4.69, 9.17) is 9.84 Å². The fourth-order valence-electron chi connectivity index (χ4n) is 1.54. The lowest BCUT2D eigenvalue weighted by atomic mass is 10.2. The van der Waals surface area contributed by atoms with Crippen molar-refractivity contribution in [3.8, 4) is 5.75 Å². The van der Waals surface area contributed by atoms with E-state index in [-0.39, 0.29) is 0 Å². The number of ether oxygens (including phenoxy) is 1. The van der Waals surface area contributed by atoms with Gasteiger partial charge >= 0.3 is 5.97 Å². The Morgan fingerprint density at radius 3 is 2.89 bits per heavy atom. The average Bonchev–Trinajstić information content (AvgIpc) is 3.13. The van der Waals surface area contributed by atoms with Gasteiger partial charge in [0.2, 0.25) is 0 Å². The van der Waals surface area contributed by atoms with Gasteiger partial charge in [-0.05, 0) is 53.4 Å². The second-order valence-electron chi connectivity index (χ2n) is 4.52. The number of benzene rings is 1. The lowest BCUT2D eigenvalue weighted by Gasteiger charge is -2.13. The number of carbonyl (C=O) groups is 1. The second-order valence-corrected chi connectivity index (χ2v) is 5.37. The first kappa shape index (κ1) is 13.4. The predicted octanol–water partition coefficient (Wildman–Crippen LogP) is 2.55. The molecule has 1 aromatic rings.